The number of carbonyl (C=O) groups is 1. The van der Waals surface area contributed by atoms with Crippen LogP contribution in [0.2, 0.25) is 0 Å². The lowest BCUT2D eigenvalue weighted by Gasteiger charge is -2.34. The molecular formula is C13H16F2N2O3. The van der Waals surface area contributed by atoms with Gasteiger partial charge in [0, 0.05) is 19.6 Å². The van der Waals surface area contributed by atoms with Gasteiger partial charge in [0.1, 0.15) is 0 Å². The first-order valence-corrected chi connectivity index (χ1v) is 6.21. The number of hydrogen-bond donors (Lipinski definition) is 1. The van der Waals surface area contributed by atoms with Gasteiger partial charge in [0.05, 0.1) is 31.1 Å². The van der Waals surface area contributed by atoms with E-state index in [0.717, 1.165) is 7.11 Å². The number of nitrogens with zero attached hydrogens (tertiary/aromatic N) is 1. The van der Waals surface area contributed by atoms with Gasteiger partial charge in [-0.05, 0) is 12.1 Å². The number of rotatable bonds is 3. The van der Waals surface area contributed by atoms with Crippen LogP contribution in [0.1, 0.15) is 10.4 Å². The molecule has 2 rings (SSSR count). The molecule has 1 fully saturated rings. The highest BCUT2D eigenvalue weighted by molar-refractivity contribution is 5.90. The monoisotopic (exact) mass is 286 g/mol. The van der Waals surface area contributed by atoms with Crippen molar-refractivity contribution in [2.24, 2.45) is 5.73 Å². The van der Waals surface area contributed by atoms with E-state index in [1.165, 1.54) is 12.1 Å². The second-order valence-corrected chi connectivity index (χ2v) is 4.43. The van der Waals surface area contributed by atoms with Crippen molar-refractivity contribution in [2.45, 2.75) is 6.10 Å². The molecule has 1 aliphatic rings. The fourth-order valence-corrected chi connectivity index (χ4v) is 2.13. The van der Waals surface area contributed by atoms with Gasteiger partial charge in [-0.25, -0.2) is 13.6 Å². The summed E-state index contributed by atoms with van der Waals surface area (Å²) in [5, 5.41) is 0. The van der Waals surface area contributed by atoms with E-state index in [1.807, 2.05) is 0 Å². The van der Waals surface area contributed by atoms with Gasteiger partial charge in [-0.1, -0.05) is 0 Å². The molecule has 110 valence electrons. The first-order valence-electron chi connectivity index (χ1n) is 6.21. The zero-order valence-corrected chi connectivity index (χ0v) is 11.1. The van der Waals surface area contributed by atoms with E-state index in [-0.39, 0.29) is 11.8 Å². The molecule has 7 heteroatoms. The van der Waals surface area contributed by atoms with Crippen molar-refractivity contribution >= 4 is 11.7 Å². The number of benzene rings is 1. The molecule has 2 N–H and O–H groups in total. The molecule has 1 saturated heterocycles. The Balaban J connectivity index is 2.29. The Kier molecular flexibility index (Phi) is 4.51. The number of anilines is 1. The fraction of sp³-hybridized carbons (Fsp3) is 0.462. The van der Waals surface area contributed by atoms with Crippen LogP contribution in [0.25, 0.3) is 0 Å². The van der Waals surface area contributed by atoms with Crippen LogP contribution in [0.15, 0.2) is 12.1 Å². The Morgan fingerprint density at radius 3 is 2.90 bits per heavy atom. The maximum atomic E-state index is 14.1. The van der Waals surface area contributed by atoms with Crippen LogP contribution >= 0.6 is 0 Å². The number of methoxy groups -OCH3 is 1. The maximum absolute atomic E-state index is 14.1. The van der Waals surface area contributed by atoms with Gasteiger partial charge in [-0.2, -0.15) is 0 Å². The largest absolute Gasteiger partial charge is 0.465 e. The van der Waals surface area contributed by atoms with Crippen molar-refractivity contribution in [3.05, 3.63) is 29.3 Å². The van der Waals surface area contributed by atoms with Crippen molar-refractivity contribution in [3.63, 3.8) is 0 Å². The van der Waals surface area contributed by atoms with Crippen molar-refractivity contribution < 1.29 is 23.0 Å². The molecule has 0 saturated carbocycles. The van der Waals surface area contributed by atoms with Crippen LogP contribution in [0.3, 0.4) is 0 Å². The van der Waals surface area contributed by atoms with Crippen LogP contribution in [0.5, 0.6) is 0 Å². The SMILES string of the molecule is COC(=O)c1ccc(N2CCOC(CN)C2)c(F)c1F. The Labute approximate surface area is 115 Å². The number of halogens is 2. The third kappa shape index (κ3) is 2.73. The van der Waals surface area contributed by atoms with Gasteiger partial charge < -0.3 is 20.1 Å². The molecule has 1 aromatic rings. The Morgan fingerprint density at radius 1 is 1.50 bits per heavy atom. The van der Waals surface area contributed by atoms with E-state index in [0.29, 0.717) is 26.2 Å². The summed E-state index contributed by atoms with van der Waals surface area (Å²) in [5.74, 6) is -3.18. The molecule has 5 nitrogen and oxygen atoms in total. The van der Waals surface area contributed by atoms with Crippen LogP contribution < -0.4 is 10.6 Å². The number of ether oxygens (including phenoxy) is 2. The third-order valence-corrected chi connectivity index (χ3v) is 3.21. The molecule has 1 atom stereocenters. The summed E-state index contributed by atoms with van der Waals surface area (Å²) >= 11 is 0. The van der Waals surface area contributed by atoms with E-state index >= 15 is 0 Å². The lowest BCUT2D eigenvalue weighted by molar-refractivity contribution is 0.0462. The van der Waals surface area contributed by atoms with Crippen LogP contribution in [0, 0.1) is 11.6 Å². The molecule has 0 aliphatic carbocycles. The molecule has 1 heterocycles. The molecular weight excluding hydrogens is 270 g/mol. The second-order valence-electron chi connectivity index (χ2n) is 4.43. The maximum Gasteiger partial charge on any atom is 0.340 e. The summed E-state index contributed by atoms with van der Waals surface area (Å²) < 4.78 is 37.7. The first kappa shape index (κ1) is 14.7. The fourth-order valence-electron chi connectivity index (χ4n) is 2.13. The summed E-state index contributed by atoms with van der Waals surface area (Å²) in [6, 6.07) is 2.58. The third-order valence-electron chi connectivity index (χ3n) is 3.21. The minimum Gasteiger partial charge on any atom is -0.465 e. The molecule has 0 radical (unpaired) electrons. The van der Waals surface area contributed by atoms with E-state index in [4.69, 9.17) is 10.5 Å². The molecule has 0 spiro atoms. The van der Waals surface area contributed by atoms with Gasteiger partial charge in [0.15, 0.2) is 11.6 Å². The lowest BCUT2D eigenvalue weighted by Crippen LogP contribution is -2.46. The van der Waals surface area contributed by atoms with Gasteiger partial charge in [-0.15, -0.1) is 0 Å². The van der Waals surface area contributed by atoms with Gasteiger partial charge >= 0.3 is 5.97 Å². The van der Waals surface area contributed by atoms with Crippen molar-refractivity contribution in [1.29, 1.82) is 0 Å². The Bertz CT molecular complexity index is 511. The topological polar surface area (TPSA) is 64.8 Å². The van der Waals surface area contributed by atoms with Gasteiger partial charge in [-0.3, -0.25) is 0 Å². The summed E-state index contributed by atoms with van der Waals surface area (Å²) in [7, 11) is 1.11. The van der Waals surface area contributed by atoms with Crippen LogP contribution in [-0.4, -0.2) is 45.4 Å². The molecule has 0 aromatic heterocycles. The minimum absolute atomic E-state index is 0.0944. The van der Waals surface area contributed by atoms with E-state index < -0.39 is 23.2 Å². The number of carbonyl (C=O) groups excluding carboxylic acids is 1. The number of nitrogens with two attached hydrogens (primary N) is 1. The zero-order valence-electron chi connectivity index (χ0n) is 11.1. The zero-order chi connectivity index (χ0) is 14.7. The quantitative estimate of drug-likeness (QED) is 0.837. The summed E-state index contributed by atoms with van der Waals surface area (Å²) in [6.07, 6.45) is -0.216. The highest BCUT2D eigenvalue weighted by atomic mass is 19.2. The summed E-state index contributed by atoms with van der Waals surface area (Å²) in [5.41, 5.74) is 5.19. The molecule has 20 heavy (non-hydrogen) atoms. The second kappa shape index (κ2) is 6.15. The highest BCUT2D eigenvalue weighted by Gasteiger charge is 2.25. The Hall–Kier alpha value is -1.73. The van der Waals surface area contributed by atoms with E-state index in [1.54, 1.807) is 4.90 Å². The molecule has 0 amide bonds. The Morgan fingerprint density at radius 2 is 2.25 bits per heavy atom. The smallest absolute Gasteiger partial charge is 0.340 e. The minimum atomic E-state index is -1.20. The molecule has 1 aromatic carbocycles. The average molecular weight is 286 g/mol. The van der Waals surface area contributed by atoms with Gasteiger partial charge in [0.25, 0.3) is 0 Å². The number of esters is 1. The van der Waals surface area contributed by atoms with Gasteiger partial charge in [0.2, 0.25) is 0 Å². The molecule has 1 aliphatic heterocycles. The first-order chi connectivity index (χ1) is 9.58. The van der Waals surface area contributed by atoms with Crippen molar-refractivity contribution in [2.75, 3.05) is 38.3 Å². The number of hydrogen-bond acceptors (Lipinski definition) is 5. The predicted molar refractivity (Wildman–Crippen MR) is 68.7 cm³/mol. The number of morpholine rings is 1. The van der Waals surface area contributed by atoms with Crippen LogP contribution in [-0.2, 0) is 9.47 Å². The predicted octanol–water partition coefficient (Wildman–Crippen LogP) is 0.915. The van der Waals surface area contributed by atoms with E-state index in [2.05, 4.69) is 4.74 Å². The average Bonchev–Trinajstić information content (AvgIpc) is 2.49. The normalized spacial score (nSPS) is 19.0. The highest BCUT2D eigenvalue weighted by Crippen LogP contribution is 2.26. The van der Waals surface area contributed by atoms with Crippen molar-refractivity contribution in [1.82, 2.24) is 0 Å². The summed E-state index contributed by atoms with van der Waals surface area (Å²) in [6.45, 7) is 1.51. The summed E-state index contributed by atoms with van der Waals surface area (Å²) in [4.78, 5) is 12.9. The van der Waals surface area contributed by atoms with E-state index in [9.17, 15) is 13.6 Å². The standard InChI is InChI=1S/C13H16F2N2O3/c1-19-13(18)9-2-3-10(12(15)11(9)14)17-4-5-20-8(6-16)7-17/h2-3,8H,4-7,16H2,1H3. The van der Waals surface area contributed by atoms with Crippen LogP contribution in [0.4, 0.5) is 14.5 Å². The van der Waals surface area contributed by atoms with Crippen molar-refractivity contribution in [3.8, 4) is 0 Å². The molecule has 1 unspecified atom stereocenters. The molecule has 0 bridgehead atoms. The lowest BCUT2D eigenvalue weighted by atomic mass is 10.1.